The van der Waals surface area contributed by atoms with Crippen molar-refractivity contribution < 1.29 is 23.3 Å². The topological polar surface area (TPSA) is 124 Å². The molecule has 1 aliphatic heterocycles. The van der Waals surface area contributed by atoms with E-state index in [4.69, 9.17) is 4.84 Å². The van der Waals surface area contributed by atoms with Crippen molar-refractivity contribution in [1.29, 1.82) is 0 Å². The molecule has 142 valence electrons. The number of sulfonamides is 1. The minimum atomic E-state index is -3.59. The van der Waals surface area contributed by atoms with E-state index in [1.807, 2.05) is 5.48 Å². The van der Waals surface area contributed by atoms with Crippen LogP contribution in [-0.2, 0) is 19.7 Å². The Kier molecular flexibility index (Phi) is 5.47. The summed E-state index contributed by atoms with van der Waals surface area (Å²) in [5.74, 6) is -0.557. The predicted octanol–water partition coefficient (Wildman–Crippen LogP) is -0.147. The van der Waals surface area contributed by atoms with Gasteiger partial charge in [-0.25, -0.2) is 17.7 Å². The molecule has 1 unspecified atom stereocenters. The van der Waals surface area contributed by atoms with E-state index in [9.17, 15) is 18.4 Å². The molecule has 10 nitrogen and oxygen atoms in total. The number of carbonyl (C=O) groups excluding carboxylic acids is 1. The molecule has 0 saturated heterocycles. The third kappa shape index (κ3) is 2.98. The number of benzene rings is 1. The van der Waals surface area contributed by atoms with Crippen LogP contribution in [0.4, 0.5) is 0 Å². The molecule has 0 saturated carbocycles. The zero-order valence-electron chi connectivity index (χ0n) is 15.1. The molecule has 1 heterocycles. The quantitative estimate of drug-likeness (QED) is 0.520. The highest BCUT2D eigenvalue weighted by Gasteiger charge is 2.53. The van der Waals surface area contributed by atoms with Crippen molar-refractivity contribution in [2.45, 2.75) is 17.4 Å². The number of oxime groups is 1. The highest BCUT2D eigenvalue weighted by Crippen LogP contribution is 2.27. The maximum atomic E-state index is 12.6. The van der Waals surface area contributed by atoms with Gasteiger partial charge in [-0.15, -0.1) is 0 Å². The van der Waals surface area contributed by atoms with E-state index in [2.05, 4.69) is 10.3 Å². The minimum absolute atomic E-state index is 0.0920. The van der Waals surface area contributed by atoms with Crippen LogP contribution in [0.3, 0.4) is 0 Å². The number of nitrogens with one attached hydrogen (secondary N) is 1. The number of carbonyl (C=O) groups is 1. The molecule has 0 aliphatic carbocycles. The molecule has 0 radical (unpaired) electrons. The first-order valence-electron chi connectivity index (χ1n) is 7.52. The number of nitrogens with zero attached hydrogens (tertiary/aromatic N) is 4. The molecule has 0 fully saturated rings. The minimum Gasteiger partial charge on any atom is -0.399 e. The average Bonchev–Trinajstić information content (AvgIpc) is 2.87. The third-order valence-electron chi connectivity index (χ3n) is 4.06. The Bertz CT molecular complexity index is 863. The van der Waals surface area contributed by atoms with E-state index >= 15 is 0 Å². The van der Waals surface area contributed by atoms with Crippen molar-refractivity contribution in [3.63, 3.8) is 0 Å². The van der Waals surface area contributed by atoms with Crippen LogP contribution < -0.4 is 5.48 Å². The molecular formula is C15H21N5O5S. The van der Waals surface area contributed by atoms with Crippen LogP contribution in [0.1, 0.15) is 12.5 Å². The summed E-state index contributed by atoms with van der Waals surface area (Å²) >= 11 is 0. The van der Waals surface area contributed by atoms with Gasteiger partial charge in [0.2, 0.25) is 15.6 Å². The molecule has 1 aromatic rings. The lowest BCUT2D eigenvalue weighted by atomic mass is 9.85. The lowest BCUT2D eigenvalue weighted by molar-refractivity contribution is -0.133. The Balaban J connectivity index is 2.57. The number of hydroxylamine groups is 1. The van der Waals surface area contributed by atoms with Crippen molar-refractivity contribution in [2.75, 3.05) is 28.3 Å². The van der Waals surface area contributed by atoms with Gasteiger partial charge in [0.25, 0.3) is 5.91 Å². The average molecular weight is 383 g/mol. The monoisotopic (exact) mass is 383 g/mol. The molecule has 1 atom stereocenters. The first kappa shape index (κ1) is 20.0. The van der Waals surface area contributed by atoms with Gasteiger partial charge in [-0.2, -0.15) is 10.6 Å². The summed E-state index contributed by atoms with van der Waals surface area (Å²) in [4.78, 5) is 17.4. The second-order valence-corrected chi connectivity index (χ2v) is 7.96. The fourth-order valence-corrected chi connectivity index (χ4v) is 3.50. The van der Waals surface area contributed by atoms with Crippen molar-refractivity contribution in [1.82, 2.24) is 14.8 Å². The first-order valence-corrected chi connectivity index (χ1v) is 8.96. The van der Waals surface area contributed by atoms with Crippen molar-refractivity contribution in [3.8, 4) is 0 Å². The van der Waals surface area contributed by atoms with Gasteiger partial charge in [0.15, 0.2) is 0 Å². The second kappa shape index (κ2) is 7.11. The van der Waals surface area contributed by atoms with Crippen molar-refractivity contribution >= 4 is 27.4 Å². The number of likely N-dealkylation sites (N-methyl/N-ethyl adjacent to an activating group) is 1. The summed E-state index contributed by atoms with van der Waals surface area (Å²) in [5, 5.41) is 18.8. The fraction of sp³-hybridized carbons (Fsp3) is 0.400. The highest BCUT2D eigenvalue weighted by atomic mass is 32.2. The summed E-state index contributed by atoms with van der Waals surface area (Å²) < 4.78 is 25.5. The maximum Gasteiger partial charge on any atom is 0.277 e. The van der Waals surface area contributed by atoms with Crippen LogP contribution in [-0.4, -0.2) is 74.1 Å². The summed E-state index contributed by atoms with van der Waals surface area (Å²) in [6.07, 6.45) is 0. The van der Waals surface area contributed by atoms with Crippen LogP contribution in [0.2, 0.25) is 0 Å². The summed E-state index contributed by atoms with van der Waals surface area (Å²) in [6, 6.07) is 5.82. The van der Waals surface area contributed by atoms with Crippen molar-refractivity contribution in [3.05, 3.63) is 29.8 Å². The lowest BCUT2D eigenvalue weighted by Gasteiger charge is -2.26. The normalized spacial score (nSPS) is 21.3. The van der Waals surface area contributed by atoms with E-state index in [1.54, 1.807) is 0 Å². The van der Waals surface area contributed by atoms with Crippen LogP contribution >= 0.6 is 0 Å². The van der Waals surface area contributed by atoms with E-state index < -0.39 is 21.5 Å². The number of hydrazone groups is 1. The Morgan fingerprint density at radius 2 is 1.92 bits per heavy atom. The highest BCUT2D eigenvalue weighted by molar-refractivity contribution is 7.89. The summed E-state index contributed by atoms with van der Waals surface area (Å²) in [5.41, 5.74) is 1.01. The number of hydrogen-bond donors (Lipinski definition) is 2. The van der Waals surface area contributed by atoms with Gasteiger partial charge in [-0.05, 0) is 19.1 Å². The zero-order chi connectivity index (χ0) is 19.7. The number of hydrogen-bond acceptors (Lipinski definition) is 8. The maximum absolute atomic E-state index is 12.6. The Hall–Kier alpha value is -2.34. The fourth-order valence-electron chi connectivity index (χ4n) is 2.60. The van der Waals surface area contributed by atoms with Gasteiger partial charge >= 0.3 is 0 Å². The van der Waals surface area contributed by atoms with E-state index in [-0.39, 0.29) is 16.3 Å². The zero-order valence-corrected chi connectivity index (χ0v) is 15.9. The largest absolute Gasteiger partial charge is 0.399 e. The molecule has 11 heteroatoms. The smallest absolute Gasteiger partial charge is 0.277 e. The van der Waals surface area contributed by atoms with Gasteiger partial charge in [0.05, 0.1) is 10.6 Å². The first-order chi connectivity index (χ1) is 12.1. The molecule has 2 N–H and O–H groups in total. The van der Waals surface area contributed by atoms with E-state index in [0.29, 0.717) is 5.56 Å². The SMILES string of the molecule is CON=C(C)C1(NO)C(=O)N(C)N=C1c1ccc(S(=O)(=O)N(C)C)cc1. The summed E-state index contributed by atoms with van der Waals surface area (Å²) in [6.45, 7) is 1.50. The Morgan fingerprint density at radius 1 is 1.35 bits per heavy atom. The molecule has 26 heavy (non-hydrogen) atoms. The van der Waals surface area contributed by atoms with Crippen LogP contribution in [0.25, 0.3) is 0 Å². The van der Waals surface area contributed by atoms with Gasteiger partial charge in [-0.1, -0.05) is 17.3 Å². The van der Waals surface area contributed by atoms with Gasteiger partial charge in [0.1, 0.15) is 12.8 Å². The third-order valence-corrected chi connectivity index (χ3v) is 5.89. The molecule has 1 aromatic carbocycles. The van der Waals surface area contributed by atoms with E-state index in [0.717, 1.165) is 9.31 Å². The van der Waals surface area contributed by atoms with Gasteiger partial charge in [0, 0.05) is 26.7 Å². The Labute approximate surface area is 151 Å². The number of amides is 1. The number of rotatable bonds is 6. The van der Waals surface area contributed by atoms with Gasteiger partial charge < -0.3 is 10.0 Å². The van der Waals surface area contributed by atoms with Crippen LogP contribution in [0.5, 0.6) is 0 Å². The second-order valence-electron chi connectivity index (χ2n) is 5.81. The van der Waals surface area contributed by atoms with Crippen LogP contribution in [0, 0.1) is 0 Å². The molecule has 1 amide bonds. The molecule has 0 spiro atoms. The molecular weight excluding hydrogens is 362 g/mol. The molecule has 2 rings (SSSR count). The molecule has 1 aliphatic rings. The van der Waals surface area contributed by atoms with Crippen molar-refractivity contribution in [2.24, 2.45) is 10.3 Å². The molecule has 0 bridgehead atoms. The summed E-state index contributed by atoms with van der Waals surface area (Å²) in [7, 11) is 2.03. The lowest BCUT2D eigenvalue weighted by Crippen LogP contribution is -2.61. The van der Waals surface area contributed by atoms with Crippen LogP contribution in [0.15, 0.2) is 39.4 Å². The molecule has 0 aromatic heterocycles. The standard InChI is InChI=1S/C15H21N5O5S/c1-10(17-25-5)15(18-22)13(16-20(4)14(15)21)11-6-8-12(9-7-11)26(23,24)19(2)3/h6-9,18,22H,1-5H3. The predicted molar refractivity (Wildman–Crippen MR) is 94.4 cm³/mol. The Morgan fingerprint density at radius 3 is 2.38 bits per heavy atom. The van der Waals surface area contributed by atoms with Gasteiger partial charge in [-0.3, -0.25) is 4.79 Å². The van der Waals surface area contributed by atoms with E-state index in [1.165, 1.54) is 59.4 Å².